The Morgan fingerprint density at radius 2 is 0.714 bits per heavy atom. The Hall–Kier alpha value is -2.04. The molecule has 10 heteroatoms. The number of carboxylic acid groups (broad SMARTS) is 1. The summed E-state index contributed by atoms with van der Waals surface area (Å²) in [5, 5.41) is 6.89. The van der Waals surface area contributed by atoms with Gasteiger partial charge in [0.25, 0.3) is 6.47 Å². The summed E-state index contributed by atoms with van der Waals surface area (Å²) in [6, 6.07) is 0. The van der Waals surface area contributed by atoms with Crippen molar-refractivity contribution < 1.29 is 29.0 Å². The highest BCUT2D eigenvalue weighted by Crippen LogP contribution is 2.14. The van der Waals surface area contributed by atoms with Gasteiger partial charge in [-0.2, -0.15) is 0 Å². The first kappa shape index (κ1) is 63.0. The molecule has 1 aliphatic heterocycles. The van der Waals surface area contributed by atoms with Crippen LogP contribution in [0.1, 0.15) is 240 Å². The zero-order valence-electron chi connectivity index (χ0n) is 42.5. The first-order valence-corrected chi connectivity index (χ1v) is 26.9. The number of unbranched alkanes of at least 4 members (excludes halogenated alkanes) is 24. The van der Waals surface area contributed by atoms with Crippen LogP contribution in [0, 0.1) is 0 Å². The number of methoxy groups -OCH3 is 1. The van der Waals surface area contributed by atoms with Crippen LogP contribution < -0.4 is 0 Å². The number of carbonyl (C=O) groups is 4. The predicted octanol–water partition coefficient (Wildman–Crippen LogP) is 12.7. The lowest BCUT2D eigenvalue weighted by Gasteiger charge is -2.35. The van der Waals surface area contributed by atoms with E-state index in [0.29, 0.717) is 45.4 Å². The molecule has 0 spiro atoms. The van der Waals surface area contributed by atoms with Gasteiger partial charge in [0.1, 0.15) is 6.29 Å². The Balaban J connectivity index is 0. The number of carbonyl (C=O) groups excluding carboxylic acids is 3. The molecule has 1 saturated heterocycles. The quantitative estimate of drug-likeness (QED) is 0.0476. The SMILES string of the molecule is CCCCCCCCCCN(CCCC=O)CCCCC(=O)N1CCN(C(=O)CCCCN(CCCCCCCC)CCCCCCCCCC)CC1.CCCCCOC.O=CO. The van der Waals surface area contributed by atoms with E-state index >= 15 is 0 Å². The van der Waals surface area contributed by atoms with Gasteiger partial charge in [0, 0.05) is 59.2 Å². The van der Waals surface area contributed by atoms with Crippen LogP contribution in [-0.4, -0.2) is 128 Å². The monoisotopic (exact) mass is 895 g/mol. The molecule has 0 aliphatic carbocycles. The van der Waals surface area contributed by atoms with Crippen molar-refractivity contribution in [2.45, 2.75) is 240 Å². The Kier molecular flexibility index (Phi) is 52.6. The van der Waals surface area contributed by atoms with E-state index in [9.17, 15) is 14.4 Å². The predicted molar refractivity (Wildman–Crippen MR) is 268 cm³/mol. The first-order valence-electron chi connectivity index (χ1n) is 26.9. The van der Waals surface area contributed by atoms with Gasteiger partial charge in [-0.05, 0) is 97.1 Å². The van der Waals surface area contributed by atoms with Gasteiger partial charge in [0.15, 0.2) is 0 Å². The lowest BCUT2D eigenvalue weighted by molar-refractivity contribution is -0.139. The number of rotatable bonds is 43. The van der Waals surface area contributed by atoms with Crippen LogP contribution in [0.2, 0.25) is 0 Å². The molecule has 0 aromatic heterocycles. The van der Waals surface area contributed by atoms with Crippen LogP contribution in [-0.2, 0) is 23.9 Å². The topological polar surface area (TPSA) is 111 Å². The molecule has 0 atom stereocenters. The molecule has 1 N–H and O–H groups in total. The number of hydrogen-bond acceptors (Lipinski definition) is 7. The smallest absolute Gasteiger partial charge is 0.290 e. The van der Waals surface area contributed by atoms with Gasteiger partial charge >= 0.3 is 0 Å². The molecule has 1 rings (SSSR count). The first-order chi connectivity index (χ1) is 30.9. The summed E-state index contributed by atoms with van der Waals surface area (Å²) in [5.41, 5.74) is 0. The van der Waals surface area contributed by atoms with Crippen molar-refractivity contribution in [1.82, 2.24) is 19.6 Å². The fourth-order valence-electron chi connectivity index (χ4n) is 8.36. The molecular weight excluding hydrogens is 789 g/mol. The largest absolute Gasteiger partial charge is 0.483 e. The van der Waals surface area contributed by atoms with Crippen LogP contribution >= 0.6 is 0 Å². The van der Waals surface area contributed by atoms with Crippen molar-refractivity contribution in [3.63, 3.8) is 0 Å². The number of aldehydes is 1. The van der Waals surface area contributed by atoms with Crippen molar-refractivity contribution >= 4 is 24.6 Å². The van der Waals surface area contributed by atoms with E-state index in [1.54, 1.807) is 7.11 Å². The molecule has 0 aromatic carbocycles. The lowest BCUT2D eigenvalue weighted by atomic mass is 10.1. The molecule has 10 nitrogen and oxygen atoms in total. The number of piperazine rings is 1. The lowest BCUT2D eigenvalue weighted by Crippen LogP contribution is -2.50. The van der Waals surface area contributed by atoms with Crippen LogP contribution in [0.5, 0.6) is 0 Å². The van der Waals surface area contributed by atoms with Gasteiger partial charge in [-0.3, -0.25) is 14.4 Å². The van der Waals surface area contributed by atoms with E-state index in [0.717, 1.165) is 71.2 Å². The second-order valence-electron chi connectivity index (χ2n) is 18.2. The summed E-state index contributed by atoms with van der Waals surface area (Å²) >= 11 is 0. The summed E-state index contributed by atoms with van der Waals surface area (Å²) in [6.45, 7) is 19.1. The Bertz CT molecular complexity index is 960. The van der Waals surface area contributed by atoms with Gasteiger partial charge in [0.05, 0.1) is 0 Å². The third-order valence-corrected chi connectivity index (χ3v) is 12.4. The maximum absolute atomic E-state index is 13.1. The van der Waals surface area contributed by atoms with E-state index in [1.807, 2.05) is 9.80 Å². The molecule has 0 radical (unpaired) electrons. The molecule has 63 heavy (non-hydrogen) atoms. The highest BCUT2D eigenvalue weighted by atomic mass is 16.5. The van der Waals surface area contributed by atoms with E-state index < -0.39 is 0 Å². The summed E-state index contributed by atoms with van der Waals surface area (Å²) in [4.78, 5) is 54.5. The maximum Gasteiger partial charge on any atom is 0.290 e. The highest BCUT2D eigenvalue weighted by Gasteiger charge is 2.23. The van der Waals surface area contributed by atoms with E-state index in [2.05, 4.69) is 37.5 Å². The average molecular weight is 895 g/mol. The fourth-order valence-corrected chi connectivity index (χ4v) is 8.36. The van der Waals surface area contributed by atoms with Crippen molar-refractivity contribution in [3.05, 3.63) is 0 Å². The van der Waals surface area contributed by atoms with Crippen LogP contribution in [0.15, 0.2) is 0 Å². The van der Waals surface area contributed by atoms with Crippen molar-refractivity contribution in [2.24, 2.45) is 0 Å². The molecule has 1 fully saturated rings. The highest BCUT2D eigenvalue weighted by molar-refractivity contribution is 5.78. The molecular formula is C53H106N4O6. The second kappa shape index (κ2) is 52.6. The molecule has 0 saturated carbocycles. The fraction of sp³-hybridized carbons (Fsp3) is 0.925. The Morgan fingerprint density at radius 3 is 1.02 bits per heavy atom. The van der Waals surface area contributed by atoms with Gasteiger partial charge < -0.3 is 34.2 Å². The van der Waals surface area contributed by atoms with Gasteiger partial charge in [-0.15, -0.1) is 0 Å². The molecule has 1 heterocycles. The third kappa shape index (κ3) is 44.9. The van der Waals surface area contributed by atoms with E-state index in [-0.39, 0.29) is 18.3 Å². The number of hydrogen-bond donors (Lipinski definition) is 1. The Morgan fingerprint density at radius 1 is 0.444 bits per heavy atom. The molecule has 374 valence electrons. The third-order valence-electron chi connectivity index (χ3n) is 12.4. The molecule has 0 bridgehead atoms. The molecule has 0 aromatic rings. The summed E-state index contributed by atoms with van der Waals surface area (Å²) in [6.07, 6.45) is 41.3. The second-order valence-corrected chi connectivity index (χ2v) is 18.2. The molecule has 2 amide bonds. The standard InChI is InChI=1S/C46H90N4O3.C6H14O.CH2O2/c1-4-7-10-13-16-18-21-26-35-47(34-25-20-15-12-9-6-3)37-28-23-32-45(52)49-40-42-50(43-41-49)46(53)33-24-29-38-48(39-30-31-44-51)36-27-22-19-17-14-11-8-5-2;1-3-4-5-6-7-2;2-1-3/h44H,4-43H2,1-3H3;3-6H2,1-2H3;1H,(H,2,3). The normalized spacial score (nSPS) is 12.6. The van der Waals surface area contributed by atoms with Crippen molar-refractivity contribution in [2.75, 3.05) is 79.2 Å². The zero-order valence-corrected chi connectivity index (χ0v) is 42.5. The van der Waals surface area contributed by atoms with Gasteiger partial charge in [-0.1, -0.05) is 163 Å². The minimum atomic E-state index is -0.250. The summed E-state index contributed by atoms with van der Waals surface area (Å²) < 4.78 is 4.84. The maximum atomic E-state index is 13.1. The number of nitrogens with zero attached hydrogens (tertiary/aromatic N) is 4. The number of ether oxygens (including phenoxy) is 1. The molecule has 1 aliphatic rings. The minimum Gasteiger partial charge on any atom is -0.483 e. The van der Waals surface area contributed by atoms with Crippen LogP contribution in [0.3, 0.4) is 0 Å². The Labute approximate surface area is 390 Å². The minimum absolute atomic E-state index is 0.245. The van der Waals surface area contributed by atoms with Crippen LogP contribution in [0.4, 0.5) is 0 Å². The summed E-state index contributed by atoms with van der Waals surface area (Å²) in [7, 11) is 1.75. The molecule has 0 unspecified atom stereocenters. The van der Waals surface area contributed by atoms with Gasteiger partial charge in [-0.25, -0.2) is 0 Å². The van der Waals surface area contributed by atoms with Gasteiger partial charge in [0.2, 0.25) is 11.8 Å². The van der Waals surface area contributed by atoms with Crippen molar-refractivity contribution in [1.29, 1.82) is 0 Å². The van der Waals surface area contributed by atoms with E-state index in [4.69, 9.17) is 14.6 Å². The average Bonchev–Trinajstić information content (AvgIpc) is 3.29. The van der Waals surface area contributed by atoms with Crippen LogP contribution in [0.25, 0.3) is 0 Å². The van der Waals surface area contributed by atoms with E-state index in [1.165, 1.54) is 174 Å². The number of amides is 2. The zero-order chi connectivity index (χ0) is 46.7. The van der Waals surface area contributed by atoms with Crippen molar-refractivity contribution in [3.8, 4) is 0 Å². The summed E-state index contributed by atoms with van der Waals surface area (Å²) in [5.74, 6) is 0.517.